The van der Waals surface area contributed by atoms with Gasteiger partial charge in [-0.25, -0.2) is 17.2 Å². The lowest BCUT2D eigenvalue weighted by molar-refractivity contribution is 0.568. The number of anilines is 1. The van der Waals surface area contributed by atoms with Crippen molar-refractivity contribution in [3.05, 3.63) is 58.1 Å². The van der Waals surface area contributed by atoms with E-state index in [0.717, 1.165) is 18.2 Å². The van der Waals surface area contributed by atoms with E-state index in [1.807, 2.05) is 4.72 Å². The predicted octanol–water partition coefficient (Wildman–Crippen LogP) is 2.99. The maximum Gasteiger partial charge on any atom is 0.264 e. The second-order valence-corrected chi connectivity index (χ2v) is 6.77. The van der Waals surface area contributed by atoms with Gasteiger partial charge in [0.2, 0.25) is 0 Å². The number of hydrogen-bond donors (Lipinski definition) is 2. The fourth-order valence-corrected chi connectivity index (χ4v) is 3.20. The molecule has 0 bridgehead atoms. The van der Waals surface area contributed by atoms with Crippen LogP contribution in [-0.2, 0) is 16.6 Å². The van der Waals surface area contributed by atoms with Crippen molar-refractivity contribution < 1.29 is 17.2 Å². The molecule has 0 aliphatic heterocycles. The predicted molar refractivity (Wildman–Crippen MR) is 79.2 cm³/mol. The lowest BCUT2D eigenvalue weighted by Gasteiger charge is -2.11. The van der Waals surface area contributed by atoms with Crippen molar-refractivity contribution in [1.29, 1.82) is 0 Å². The normalized spacial score (nSPS) is 11.4. The molecule has 0 radical (unpaired) electrons. The topological polar surface area (TPSA) is 72.2 Å². The van der Waals surface area contributed by atoms with Crippen LogP contribution in [0.25, 0.3) is 0 Å². The van der Waals surface area contributed by atoms with Gasteiger partial charge in [0.15, 0.2) is 0 Å². The maximum atomic E-state index is 13.7. The number of sulfonamides is 1. The fraction of sp³-hybridized carbons (Fsp3) is 0.0769. The van der Waals surface area contributed by atoms with Crippen molar-refractivity contribution >= 4 is 31.6 Å². The van der Waals surface area contributed by atoms with Gasteiger partial charge in [0, 0.05) is 11.0 Å². The molecular formula is C13H11BrF2N2O2S. The third-order valence-electron chi connectivity index (χ3n) is 2.69. The summed E-state index contributed by atoms with van der Waals surface area (Å²) in [4.78, 5) is -0.579. The van der Waals surface area contributed by atoms with Crippen LogP contribution in [0.15, 0.2) is 45.8 Å². The molecule has 0 aliphatic carbocycles. The Bertz CT molecular complexity index is 782. The van der Waals surface area contributed by atoms with Crippen molar-refractivity contribution in [2.75, 3.05) is 4.72 Å². The van der Waals surface area contributed by atoms with Crippen molar-refractivity contribution in [3.63, 3.8) is 0 Å². The van der Waals surface area contributed by atoms with Gasteiger partial charge in [-0.3, -0.25) is 4.72 Å². The molecule has 2 aromatic rings. The van der Waals surface area contributed by atoms with E-state index >= 15 is 0 Å². The molecule has 0 fully saturated rings. The molecule has 0 unspecified atom stereocenters. The third-order valence-corrected chi connectivity index (χ3v) is 4.57. The van der Waals surface area contributed by atoms with Gasteiger partial charge in [-0.1, -0.05) is 22.0 Å². The highest BCUT2D eigenvalue weighted by Gasteiger charge is 2.21. The van der Waals surface area contributed by atoms with Gasteiger partial charge in [-0.15, -0.1) is 0 Å². The van der Waals surface area contributed by atoms with E-state index in [4.69, 9.17) is 5.73 Å². The average molecular weight is 377 g/mol. The quantitative estimate of drug-likeness (QED) is 0.861. The average Bonchev–Trinajstić information content (AvgIpc) is 2.43. The number of rotatable bonds is 4. The third kappa shape index (κ3) is 3.58. The first-order valence-electron chi connectivity index (χ1n) is 5.80. The standard InChI is InChI=1S/C13H11BrF2N2O2S/c14-9-2-4-10(15)12(6-9)18-21(19,20)13-5-8(7-17)1-3-11(13)16/h1-6,18H,7,17H2. The molecule has 4 nitrogen and oxygen atoms in total. The summed E-state index contributed by atoms with van der Waals surface area (Å²) >= 11 is 3.11. The molecule has 2 rings (SSSR count). The van der Waals surface area contributed by atoms with Crippen LogP contribution in [0.3, 0.4) is 0 Å². The van der Waals surface area contributed by atoms with Gasteiger partial charge in [0.1, 0.15) is 16.5 Å². The smallest absolute Gasteiger partial charge is 0.264 e. The first-order chi connectivity index (χ1) is 9.83. The Labute approximate surface area is 129 Å². The van der Waals surface area contributed by atoms with E-state index in [2.05, 4.69) is 15.9 Å². The Morgan fingerprint density at radius 2 is 1.76 bits per heavy atom. The minimum absolute atomic E-state index is 0.0635. The molecule has 0 saturated carbocycles. The van der Waals surface area contributed by atoms with Gasteiger partial charge in [-0.2, -0.15) is 0 Å². The summed E-state index contributed by atoms with van der Waals surface area (Å²) in [5, 5.41) is 0. The Balaban J connectivity index is 2.45. The molecule has 0 spiro atoms. The molecule has 3 N–H and O–H groups in total. The van der Waals surface area contributed by atoms with Crippen LogP contribution in [0.2, 0.25) is 0 Å². The Morgan fingerprint density at radius 3 is 2.43 bits per heavy atom. The monoisotopic (exact) mass is 376 g/mol. The number of hydrogen-bond acceptors (Lipinski definition) is 3. The maximum absolute atomic E-state index is 13.7. The van der Waals surface area contributed by atoms with Crippen molar-refractivity contribution in [2.45, 2.75) is 11.4 Å². The lowest BCUT2D eigenvalue weighted by Crippen LogP contribution is -2.16. The van der Waals surface area contributed by atoms with E-state index in [9.17, 15) is 17.2 Å². The van der Waals surface area contributed by atoms with Crippen molar-refractivity contribution in [1.82, 2.24) is 0 Å². The van der Waals surface area contributed by atoms with Crippen LogP contribution < -0.4 is 10.5 Å². The minimum atomic E-state index is -4.26. The van der Waals surface area contributed by atoms with Gasteiger partial charge < -0.3 is 5.73 Å². The van der Waals surface area contributed by atoms with E-state index in [1.54, 1.807) is 0 Å². The van der Waals surface area contributed by atoms with Gasteiger partial charge in [0.25, 0.3) is 10.0 Å². The zero-order chi connectivity index (χ0) is 15.6. The van der Waals surface area contributed by atoms with Gasteiger partial charge in [-0.05, 0) is 35.9 Å². The fourth-order valence-electron chi connectivity index (χ4n) is 1.66. The molecule has 8 heteroatoms. The summed E-state index contributed by atoms with van der Waals surface area (Å²) in [6.45, 7) is 0.0635. The van der Waals surface area contributed by atoms with E-state index < -0.39 is 26.6 Å². The molecule has 0 aromatic heterocycles. The second kappa shape index (κ2) is 6.08. The Kier molecular flexibility index (Phi) is 4.60. The summed E-state index contributed by atoms with van der Waals surface area (Å²) in [6.07, 6.45) is 0. The largest absolute Gasteiger partial charge is 0.326 e. The molecule has 21 heavy (non-hydrogen) atoms. The molecule has 0 saturated heterocycles. The highest BCUT2D eigenvalue weighted by molar-refractivity contribution is 9.10. The minimum Gasteiger partial charge on any atom is -0.326 e. The Morgan fingerprint density at radius 1 is 1.10 bits per heavy atom. The van der Waals surface area contributed by atoms with Crippen LogP contribution >= 0.6 is 15.9 Å². The van der Waals surface area contributed by atoms with E-state index in [1.165, 1.54) is 18.2 Å². The first kappa shape index (κ1) is 15.9. The highest BCUT2D eigenvalue weighted by Crippen LogP contribution is 2.24. The lowest BCUT2D eigenvalue weighted by atomic mass is 10.2. The first-order valence-corrected chi connectivity index (χ1v) is 8.07. The second-order valence-electron chi connectivity index (χ2n) is 4.20. The SMILES string of the molecule is NCc1ccc(F)c(S(=O)(=O)Nc2cc(Br)ccc2F)c1. The van der Waals surface area contributed by atoms with Crippen LogP contribution in [0.1, 0.15) is 5.56 Å². The van der Waals surface area contributed by atoms with Crippen LogP contribution in [0, 0.1) is 11.6 Å². The summed E-state index contributed by atoms with van der Waals surface area (Å²) in [5.74, 6) is -1.70. The van der Waals surface area contributed by atoms with E-state index in [-0.39, 0.29) is 12.2 Å². The molecule has 112 valence electrons. The summed E-state index contributed by atoms with van der Waals surface area (Å²) < 4.78 is 54.2. The number of nitrogens with one attached hydrogen (secondary N) is 1. The van der Waals surface area contributed by atoms with E-state index in [0.29, 0.717) is 10.0 Å². The molecule has 2 aromatic carbocycles. The van der Waals surface area contributed by atoms with Crippen molar-refractivity contribution in [2.24, 2.45) is 5.73 Å². The number of benzene rings is 2. The number of nitrogens with two attached hydrogens (primary N) is 1. The van der Waals surface area contributed by atoms with Gasteiger partial charge >= 0.3 is 0 Å². The molecule has 0 aliphatic rings. The highest BCUT2D eigenvalue weighted by atomic mass is 79.9. The summed E-state index contributed by atoms with van der Waals surface area (Å²) in [5.41, 5.74) is 5.58. The zero-order valence-electron chi connectivity index (χ0n) is 10.6. The summed E-state index contributed by atoms with van der Waals surface area (Å²) in [6, 6.07) is 7.27. The molecule has 0 heterocycles. The van der Waals surface area contributed by atoms with Crippen molar-refractivity contribution in [3.8, 4) is 0 Å². The number of halogens is 3. The summed E-state index contributed by atoms with van der Waals surface area (Å²) in [7, 11) is -4.26. The van der Waals surface area contributed by atoms with Gasteiger partial charge in [0.05, 0.1) is 5.69 Å². The molecule has 0 atom stereocenters. The Hall–Kier alpha value is -1.51. The van der Waals surface area contributed by atoms with Crippen LogP contribution in [-0.4, -0.2) is 8.42 Å². The van der Waals surface area contributed by atoms with Crippen LogP contribution in [0.4, 0.5) is 14.5 Å². The molecular weight excluding hydrogens is 366 g/mol. The molecule has 0 amide bonds. The van der Waals surface area contributed by atoms with Crippen LogP contribution in [0.5, 0.6) is 0 Å². The zero-order valence-corrected chi connectivity index (χ0v) is 13.0.